The smallest absolute Gasteiger partial charge is 0.230 e. The number of amides is 1. The summed E-state index contributed by atoms with van der Waals surface area (Å²) < 4.78 is 6.84. The molecular formula is C38H53NO2S2. The molecule has 1 atom stereocenters. The highest BCUT2D eigenvalue weighted by atomic mass is 32.2. The Bertz CT molecular complexity index is 1010. The topological polar surface area (TPSA) is 38.3 Å². The summed E-state index contributed by atoms with van der Waals surface area (Å²) in [4.78, 5) is 12.5. The van der Waals surface area contributed by atoms with Crippen molar-refractivity contribution in [2.24, 2.45) is 0 Å². The fraction of sp³-hybridized carbons (Fsp3) is 0.500. The molecule has 0 saturated carbocycles. The zero-order valence-corrected chi connectivity index (χ0v) is 27.9. The van der Waals surface area contributed by atoms with Gasteiger partial charge in [0, 0.05) is 11.8 Å². The molecule has 1 amide bonds. The molecule has 1 unspecified atom stereocenters. The molecule has 1 N–H and O–H groups in total. The maximum absolute atomic E-state index is 12.5. The number of hydrogen-bond acceptors (Lipinski definition) is 4. The third-order valence-corrected chi connectivity index (χ3v) is 9.32. The number of rotatable bonds is 23. The zero-order chi connectivity index (χ0) is 30.4. The first-order chi connectivity index (χ1) is 21.2. The van der Waals surface area contributed by atoms with E-state index in [9.17, 15) is 4.79 Å². The van der Waals surface area contributed by atoms with Crippen LogP contribution in [0.5, 0.6) is 0 Å². The summed E-state index contributed by atoms with van der Waals surface area (Å²) in [7, 11) is 0. The van der Waals surface area contributed by atoms with Crippen LogP contribution in [-0.2, 0) is 15.1 Å². The second-order valence-electron chi connectivity index (χ2n) is 11.5. The molecule has 3 rings (SSSR count). The second-order valence-corrected chi connectivity index (χ2v) is 13.3. The lowest BCUT2D eigenvalue weighted by Crippen LogP contribution is -2.38. The molecule has 0 aromatic heterocycles. The van der Waals surface area contributed by atoms with Crippen LogP contribution in [0.2, 0.25) is 0 Å². The molecule has 0 spiro atoms. The summed E-state index contributed by atoms with van der Waals surface area (Å²) in [5, 5.41) is 2.93. The van der Waals surface area contributed by atoms with Crippen molar-refractivity contribution in [1.29, 1.82) is 0 Å². The van der Waals surface area contributed by atoms with E-state index in [0.29, 0.717) is 18.9 Å². The third-order valence-electron chi connectivity index (χ3n) is 7.94. The van der Waals surface area contributed by atoms with Crippen LogP contribution in [0.3, 0.4) is 0 Å². The summed E-state index contributed by atoms with van der Waals surface area (Å²) in [5.74, 6) is 1.62. The highest BCUT2D eigenvalue weighted by molar-refractivity contribution is 7.99. The Morgan fingerprint density at radius 3 is 1.56 bits per heavy atom. The van der Waals surface area contributed by atoms with E-state index in [1.54, 1.807) is 11.8 Å². The Hall–Kier alpha value is -2.21. The number of unbranched alkanes of at least 4 members (excludes halogenated alkanes) is 11. The lowest BCUT2D eigenvalue weighted by atomic mass is 9.80. The average molecular weight is 620 g/mol. The second kappa shape index (κ2) is 21.5. The van der Waals surface area contributed by atoms with Crippen LogP contribution in [-0.4, -0.2) is 35.8 Å². The molecule has 0 aliphatic heterocycles. The van der Waals surface area contributed by atoms with E-state index in [1.165, 1.54) is 77.0 Å². The largest absolute Gasteiger partial charge is 0.360 e. The standard InChI is InChI=1S/C38H53NO2S2/c1-2-3-4-5-6-7-8-9-10-11-12-22-29-43-32-37(40)39-30-36(42)31-41-38(33-23-16-13-17-24-33,34-25-18-14-19-26-34)35-27-20-15-21-28-35/h13-21,23-28,36,42H,2-12,22,29-32H2,1H3,(H,39,40). The molecule has 0 saturated heterocycles. The molecule has 3 aromatic rings. The van der Waals surface area contributed by atoms with Gasteiger partial charge in [0.2, 0.25) is 5.91 Å². The van der Waals surface area contributed by atoms with Crippen molar-refractivity contribution < 1.29 is 9.53 Å². The van der Waals surface area contributed by atoms with Gasteiger partial charge in [-0.15, -0.1) is 0 Å². The van der Waals surface area contributed by atoms with E-state index >= 15 is 0 Å². The van der Waals surface area contributed by atoms with Crippen molar-refractivity contribution in [3.8, 4) is 0 Å². The number of nitrogens with one attached hydrogen (secondary N) is 1. The molecular weight excluding hydrogens is 567 g/mol. The monoisotopic (exact) mass is 619 g/mol. The summed E-state index contributed by atoms with van der Waals surface area (Å²) in [5.41, 5.74) is 2.40. The normalized spacial score (nSPS) is 12.2. The van der Waals surface area contributed by atoms with Gasteiger partial charge in [-0.05, 0) is 28.9 Å². The number of hydrogen-bond donors (Lipinski definition) is 2. The van der Waals surface area contributed by atoms with Gasteiger partial charge in [0.1, 0.15) is 5.60 Å². The molecule has 0 radical (unpaired) electrons. The van der Waals surface area contributed by atoms with E-state index < -0.39 is 5.60 Å². The van der Waals surface area contributed by atoms with Crippen molar-refractivity contribution in [1.82, 2.24) is 5.32 Å². The quantitative estimate of drug-likeness (QED) is 0.0630. The van der Waals surface area contributed by atoms with Crippen LogP contribution >= 0.6 is 24.4 Å². The Morgan fingerprint density at radius 2 is 1.12 bits per heavy atom. The fourth-order valence-electron chi connectivity index (χ4n) is 5.54. The van der Waals surface area contributed by atoms with Gasteiger partial charge in [0.05, 0.1) is 12.4 Å². The number of thiol groups is 1. The zero-order valence-electron chi connectivity index (χ0n) is 26.2. The van der Waals surface area contributed by atoms with Gasteiger partial charge in [0.15, 0.2) is 0 Å². The maximum Gasteiger partial charge on any atom is 0.230 e. The van der Waals surface area contributed by atoms with Crippen molar-refractivity contribution >= 4 is 30.3 Å². The highest BCUT2D eigenvalue weighted by Crippen LogP contribution is 2.40. The van der Waals surface area contributed by atoms with Gasteiger partial charge >= 0.3 is 0 Å². The molecule has 43 heavy (non-hydrogen) atoms. The van der Waals surface area contributed by atoms with Crippen LogP contribution < -0.4 is 5.32 Å². The predicted molar refractivity (Wildman–Crippen MR) is 189 cm³/mol. The van der Waals surface area contributed by atoms with E-state index in [4.69, 9.17) is 17.4 Å². The van der Waals surface area contributed by atoms with Crippen molar-refractivity contribution in [2.75, 3.05) is 24.7 Å². The number of thioether (sulfide) groups is 1. The molecule has 0 aliphatic carbocycles. The van der Waals surface area contributed by atoms with E-state index in [1.807, 2.05) is 54.6 Å². The Kier molecular flexibility index (Phi) is 17.6. The Labute approximate surface area is 271 Å². The number of carbonyl (C=O) groups excluding carboxylic acids is 1. The molecule has 5 heteroatoms. The fourth-order valence-corrected chi connectivity index (χ4v) is 6.55. The Morgan fingerprint density at radius 1 is 0.698 bits per heavy atom. The molecule has 3 nitrogen and oxygen atoms in total. The summed E-state index contributed by atoms with van der Waals surface area (Å²) in [6.07, 6.45) is 16.3. The summed E-state index contributed by atoms with van der Waals surface area (Å²) >= 11 is 6.54. The van der Waals surface area contributed by atoms with Crippen molar-refractivity contribution in [2.45, 2.75) is 94.8 Å². The minimum Gasteiger partial charge on any atom is -0.360 e. The Balaban J connectivity index is 1.37. The van der Waals surface area contributed by atoms with Gasteiger partial charge in [-0.25, -0.2) is 0 Å². The van der Waals surface area contributed by atoms with Gasteiger partial charge in [0.25, 0.3) is 0 Å². The maximum atomic E-state index is 12.5. The van der Waals surface area contributed by atoms with Gasteiger partial charge in [-0.1, -0.05) is 169 Å². The van der Waals surface area contributed by atoms with Crippen LogP contribution in [0.15, 0.2) is 91.0 Å². The minimum atomic E-state index is -0.779. The third kappa shape index (κ3) is 12.7. The molecule has 3 aromatic carbocycles. The van der Waals surface area contributed by atoms with Crippen molar-refractivity contribution in [3.05, 3.63) is 108 Å². The molecule has 0 fully saturated rings. The first-order valence-electron chi connectivity index (χ1n) is 16.5. The van der Waals surface area contributed by atoms with Gasteiger partial charge < -0.3 is 10.1 Å². The first kappa shape index (κ1) is 35.3. The number of benzene rings is 3. The van der Waals surface area contributed by atoms with E-state index in [2.05, 4.69) is 48.6 Å². The van der Waals surface area contributed by atoms with Crippen LogP contribution in [0.1, 0.15) is 101 Å². The average Bonchev–Trinajstić information content (AvgIpc) is 3.06. The van der Waals surface area contributed by atoms with E-state index in [0.717, 1.165) is 22.4 Å². The van der Waals surface area contributed by atoms with Gasteiger partial charge in [-0.2, -0.15) is 24.4 Å². The number of ether oxygens (including phenoxy) is 1. The molecule has 0 aliphatic rings. The molecule has 234 valence electrons. The van der Waals surface area contributed by atoms with Crippen LogP contribution in [0.4, 0.5) is 0 Å². The van der Waals surface area contributed by atoms with Crippen molar-refractivity contribution in [3.63, 3.8) is 0 Å². The lowest BCUT2D eigenvalue weighted by molar-refractivity contribution is -0.118. The summed E-state index contributed by atoms with van der Waals surface area (Å²) in [6, 6.07) is 31.0. The molecule has 0 heterocycles. The summed E-state index contributed by atoms with van der Waals surface area (Å²) in [6.45, 7) is 3.13. The van der Waals surface area contributed by atoms with Crippen LogP contribution in [0, 0.1) is 0 Å². The van der Waals surface area contributed by atoms with Gasteiger partial charge in [-0.3, -0.25) is 4.79 Å². The highest BCUT2D eigenvalue weighted by Gasteiger charge is 2.37. The molecule has 0 bridgehead atoms. The number of carbonyl (C=O) groups is 1. The van der Waals surface area contributed by atoms with E-state index in [-0.39, 0.29) is 11.2 Å². The lowest BCUT2D eigenvalue weighted by Gasteiger charge is -2.36. The SMILES string of the molecule is CCCCCCCCCCCCCCSCC(=O)NCC(S)COC(c1ccccc1)(c1ccccc1)c1ccccc1. The first-order valence-corrected chi connectivity index (χ1v) is 18.2. The predicted octanol–water partition coefficient (Wildman–Crippen LogP) is 9.84. The minimum absolute atomic E-state index is 0.0726. The van der Waals surface area contributed by atoms with Crippen LogP contribution in [0.25, 0.3) is 0 Å².